The molecule has 0 aromatic heterocycles. The van der Waals surface area contributed by atoms with Crippen LogP contribution in [0.15, 0.2) is 63.1 Å². The van der Waals surface area contributed by atoms with Crippen molar-refractivity contribution in [2.75, 3.05) is 0 Å². The van der Waals surface area contributed by atoms with Gasteiger partial charge in [-0.05, 0) is 55.9 Å². The SMILES string of the molecule is C#CCCC1=C(F)C(Cl)=C(/C(C)=C/N=C(\C)C(=C)C)CC=C1. The number of hydrogen-bond acceptors (Lipinski definition) is 1. The summed E-state index contributed by atoms with van der Waals surface area (Å²) in [6, 6.07) is 0. The number of hydrogen-bond donors (Lipinski definition) is 0. The van der Waals surface area contributed by atoms with Gasteiger partial charge >= 0.3 is 0 Å². The van der Waals surface area contributed by atoms with Crippen LogP contribution in [-0.4, -0.2) is 5.71 Å². The Morgan fingerprint density at radius 1 is 1.50 bits per heavy atom. The van der Waals surface area contributed by atoms with Crippen molar-refractivity contribution in [2.24, 2.45) is 4.99 Å². The maximum Gasteiger partial charge on any atom is 0.145 e. The fourth-order valence-corrected chi connectivity index (χ4v) is 2.22. The zero-order valence-electron chi connectivity index (χ0n) is 13.3. The molecule has 0 spiro atoms. The summed E-state index contributed by atoms with van der Waals surface area (Å²) < 4.78 is 14.5. The van der Waals surface area contributed by atoms with Crippen LogP contribution in [0.1, 0.15) is 40.0 Å². The third kappa shape index (κ3) is 4.86. The first-order valence-electron chi connectivity index (χ1n) is 7.13. The van der Waals surface area contributed by atoms with Crippen LogP contribution in [0.3, 0.4) is 0 Å². The molecule has 0 bridgehead atoms. The quantitative estimate of drug-likeness (QED) is 0.434. The van der Waals surface area contributed by atoms with Crippen molar-refractivity contribution in [3.63, 3.8) is 0 Å². The van der Waals surface area contributed by atoms with Crippen LogP contribution in [0.4, 0.5) is 4.39 Å². The summed E-state index contributed by atoms with van der Waals surface area (Å²) >= 11 is 6.23. The fraction of sp³-hybridized carbons (Fsp3) is 0.316. The van der Waals surface area contributed by atoms with Gasteiger partial charge in [-0.2, -0.15) is 0 Å². The van der Waals surface area contributed by atoms with E-state index >= 15 is 0 Å². The van der Waals surface area contributed by atoms with Crippen LogP contribution >= 0.6 is 11.6 Å². The summed E-state index contributed by atoms with van der Waals surface area (Å²) in [4.78, 5) is 4.33. The molecule has 0 radical (unpaired) electrons. The second-order valence-electron chi connectivity index (χ2n) is 5.25. The molecule has 0 amide bonds. The molecule has 1 aliphatic rings. The summed E-state index contributed by atoms with van der Waals surface area (Å²) in [5, 5.41) is 0.147. The molecular weight excluding hydrogens is 297 g/mol. The van der Waals surface area contributed by atoms with E-state index in [0.717, 1.165) is 22.4 Å². The van der Waals surface area contributed by atoms with Crippen LogP contribution in [0.2, 0.25) is 0 Å². The number of terminal acetylenes is 1. The number of allylic oxidation sites excluding steroid dienone is 8. The standard InChI is InChI=1S/C19H21ClFN/c1-6-7-9-16-10-8-11-17(18(20)19(16)21)14(4)12-22-15(5)13(2)3/h1,8,10,12H,2,7,9,11H2,3-5H3/b14-12+,22-15+. The van der Waals surface area contributed by atoms with E-state index in [1.165, 1.54) is 0 Å². The van der Waals surface area contributed by atoms with E-state index in [4.69, 9.17) is 18.0 Å². The summed E-state index contributed by atoms with van der Waals surface area (Å²) in [5.41, 5.74) is 3.86. The third-order valence-corrected chi connectivity index (χ3v) is 3.86. The highest BCUT2D eigenvalue weighted by molar-refractivity contribution is 6.32. The zero-order chi connectivity index (χ0) is 16.7. The van der Waals surface area contributed by atoms with E-state index in [2.05, 4.69) is 17.5 Å². The Kier molecular flexibility index (Phi) is 7.08. The second-order valence-corrected chi connectivity index (χ2v) is 5.63. The highest BCUT2D eigenvalue weighted by atomic mass is 35.5. The Balaban J connectivity index is 3.17. The molecule has 0 fully saturated rings. The summed E-state index contributed by atoms with van der Waals surface area (Å²) in [5.74, 6) is 2.12. The van der Waals surface area contributed by atoms with E-state index in [-0.39, 0.29) is 5.03 Å². The maximum absolute atomic E-state index is 14.5. The summed E-state index contributed by atoms with van der Waals surface area (Å²) in [7, 11) is 0. The molecule has 0 N–H and O–H groups in total. The summed E-state index contributed by atoms with van der Waals surface area (Å²) in [6.45, 7) is 9.48. The molecule has 0 heterocycles. The molecular formula is C19H21ClFN. The predicted octanol–water partition coefficient (Wildman–Crippen LogP) is 6.02. The van der Waals surface area contributed by atoms with Crippen molar-refractivity contribution in [1.29, 1.82) is 0 Å². The molecule has 1 nitrogen and oxygen atoms in total. The lowest BCUT2D eigenvalue weighted by molar-refractivity contribution is 0.645. The number of aliphatic imine (C=N–C) groups is 1. The van der Waals surface area contributed by atoms with Crippen LogP contribution in [0.5, 0.6) is 0 Å². The Hall–Kier alpha value is -1.85. The van der Waals surface area contributed by atoms with Gasteiger partial charge in [-0.1, -0.05) is 30.3 Å². The molecule has 0 saturated heterocycles. The second kappa shape index (κ2) is 8.56. The zero-order valence-corrected chi connectivity index (χ0v) is 14.1. The lowest BCUT2D eigenvalue weighted by Gasteiger charge is -2.08. The molecule has 0 aromatic rings. The minimum Gasteiger partial charge on any atom is -0.261 e. The van der Waals surface area contributed by atoms with E-state index in [1.807, 2.05) is 26.8 Å². The van der Waals surface area contributed by atoms with Gasteiger partial charge in [0.1, 0.15) is 5.83 Å². The van der Waals surface area contributed by atoms with Crippen LogP contribution in [0.25, 0.3) is 0 Å². The third-order valence-electron chi connectivity index (χ3n) is 3.46. The van der Waals surface area contributed by atoms with Crippen molar-refractivity contribution in [3.05, 3.63) is 58.1 Å². The molecule has 0 saturated carbocycles. The lowest BCUT2D eigenvalue weighted by atomic mass is 10.0. The average molecular weight is 318 g/mol. The van der Waals surface area contributed by atoms with Gasteiger partial charge in [-0.3, -0.25) is 4.99 Å². The number of rotatable bonds is 5. The van der Waals surface area contributed by atoms with Crippen molar-refractivity contribution in [3.8, 4) is 12.3 Å². The Morgan fingerprint density at radius 3 is 2.77 bits per heavy atom. The highest BCUT2D eigenvalue weighted by Crippen LogP contribution is 2.34. The van der Waals surface area contributed by atoms with Gasteiger partial charge in [0.15, 0.2) is 0 Å². The van der Waals surface area contributed by atoms with Gasteiger partial charge in [0, 0.05) is 18.3 Å². The van der Waals surface area contributed by atoms with E-state index < -0.39 is 5.83 Å². The van der Waals surface area contributed by atoms with E-state index in [1.54, 1.807) is 12.3 Å². The topological polar surface area (TPSA) is 12.4 Å². The molecule has 0 aliphatic heterocycles. The van der Waals surface area contributed by atoms with E-state index in [9.17, 15) is 4.39 Å². The molecule has 0 unspecified atom stereocenters. The monoisotopic (exact) mass is 317 g/mol. The van der Waals surface area contributed by atoms with Crippen LogP contribution in [0, 0.1) is 12.3 Å². The largest absolute Gasteiger partial charge is 0.261 e. The number of nitrogens with zero attached hydrogens (tertiary/aromatic N) is 1. The Bertz CT molecular complexity index is 651. The molecule has 0 atom stereocenters. The van der Waals surface area contributed by atoms with Crippen LogP contribution in [-0.2, 0) is 0 Å². The van der Waals surface area contributed by atoms with Crippen molar-refractivity contribution >= 4 is 17.3 Å². The predicted molar refractivity (Wildman–Crippen MR) is 94.5 cm³/mol. The van der Waals surface area contributed by atoms with Crippen LogP contribution < -0.4 is 0 Å². The van der Waals surface area contributed by atoms with Gasteiger partial charge in [-0.25, -0.2) is 4.39 Å². The van der Waals surface area contributed by atoms with Crippen molar-refractivity contribution in [2.45, 2.75) is 40.0 Å². The van der Waals surface area contributed by atoms with Gasteiger partial charge in [0.25, 0.3) is 0 Å². The molecule has 1 aliphatic carbocycles. The average Bonchev–Trinajstić information content (AvgIpc) is 2.62. The van der Waals surface area contributed by atoms with Gasteiger partial charge in [0.2, 0.25) is 0 Å². The van der Waals surface area contributed by atoms with Gasteiger partial charge < -0.3 is 0 Å². The fourth-order valence-electron chi connectivity index (χ4n) is 1.87. The molecule has 22 heavy (non-hydrogen) atoms. The lowest BCUT2D eigenvalue weighted by Crippen LogP contribution is -1.93. The highest BCUT2D eigenvalue weighted by Gasteiger charge is 2.16. The minimum atomic E-state index is -0.394. The smallest absolute Gasteiger partial charge is 0.145 e. The minimum absolute atomic E-state index is 0.147. The van der Waals surface area contributed by atoms with Crippen molar-refractivity contribution < 1.29 is 4.39 Å². The van der Waals surface area contributed by atoms with Gasteiger partial charge in [0.05, 0.1) is 5.03 Å². The molecule has 3 heteroatoms. The Labute approximate surface area is 137 Å². The van der Waals surface area contributed by atoms with E-state index in [0.29, 0.717) is 24.8 Å². The first kappa shape index (κ1) is 18.2. The first-order valence-corrected chi connectivity index (χ1v) is 7.51. The van der Waals surface area contributed by atoms with Gasteiger partial charge in [-0.15, -0.1) is 12.3 Å². The molecule has 1 rings (SSSR count). The van der Waals surface area contributed by atoms with Crippen molar-refractivity contribution in [1.82, 2.24) is 0 Å². The first-order chi connectivity index (χ1) is 10.4. The molecule has 116 valence electrons. The Morgan fingerprint density at radius 2 is 2.18 bits per heavy atom. The number of halogens is 2. The molecule has 0 aromatic carbocycles. The summed E-state index contributed by atoms with van der Waals surface area (Å²) in [6.07, 6.45) is 12.1. The normalized spacial score (nSPS) is 16.7. The maximum atomic E-state index is 14.5.